The second-order valence-corrected chi connectivity index (χ2v) is 7.40. The number of aromatic nitrogens is 2. The number of aryl methyl sites for hydroxylation is 1. The van der Waals surface area contributed by atoms with Crippen molar-refractivity contribution in [1.82, 2.24) is 14.9 Å². The van der Waals surface area contributed by atoms with Gasteiger partial charge in [-0.05, 0) is 44.7 Å². The van der Waals surface area contributed by atoms with Crippen molar-refractivity contribution < 1.29 is 4.79 Å². The highest BCUT2D eigenvalue weighted by atomic mass is 16.1. The van der Waals surface area contributed by atoms with Crippen molar-refractivity contribution in [3.05, 3.63) is 24.3 Å². The number of imidazole rings is 1. The van der Waals surface area contributed by atoms with Crippen molar-refractivity contribution >= 4 is 22.9 Å². The minimum Gasteiger partial charge on any atom is -0.353 e. The number of benzene rings is 1. The van der Waals surface area contributed by atoms with Crippen molar-refractivity contribution in [2.75, 3.05) is 18.0 Å². The van der Waals surface area contributed by atoms with Gasteiger partial charge >= 0.3 is 0 Å². The predicted molar refractivity (Wildman–Crippen MR) is 101 cm³/mol. The molecule has 1 saturated carbocycles. The van der Waals surface area contributed by atoms with Crippen LogP contribution in [0.15, 0.2) is 24.3 Å². The molecule has 0 bridgehead atoms. The first-order valence-corrected chi connectivity index (χ1v) is 9.77. The fourth-order valence-electron chi connectivity index (χ4n) is 4.35. The van der Waals surface area contributed by atoms with E-state index in [-0.39, 0.29) is 11.8 Å². The van der Waals surface area contributed by atoms with E-state index in [2.05, 4.69) is 39.9 Å². The van der Waals surface area contributed by atoms with E-state index < -0.39 is 0 Å². The van der Waals surface area contributed by atoms with E-state index in [1.165, 1.54) is 18.4 Å². The largest absolute Gasteiger partial charge is 0.353 e. The van der Waals surface area contributed by atoms with E-state index in [0.717, 1.165) is 56.8 Å². The summed E-state index contributed by atoms with van der Waals surface area (Å²) in [5.41, 5.74) is 2.25. The number of nitrogens with zero attached hydrogens (tertiary/aromatic N) is 3. The van der Waals surface area contributed by atoms with Crippen molar-refractivity contribution in [1.29, 1.82) is 0 Å². The number of hydrogen-bond acceptors (Lipinski definition) is 3. The number of hydrogen-bond donors (Lipinski definition) is 1. The van der Waals surface area contributed by atoms with Crippen LogP contribution in [0.3, 0.4) is 0 Å². The Kier molecular flexibility index (Phi) is 4.64. The van der Waals surface area contributed by atoms with Crippen LogP contribution in [0, 0.1) is 5.92 Å². The van der Waals surface area contributed by atoms with Crippen molar-refractivity contribution in [2.45, 2.75) is 58.0 Å². The molecule has 1 amide bonds. The smallest absolute Gasteiger partial charge is 0.223 e. The number of carbonyl (C=O) groups excluding carboxylic acids is 1. The van der Waals surface area contributed by atoms with Crippen LogP contribution < -0.4 is 10.2 Å². The van der Waals surface area contributed by atoms with Gasteiger partial charge in [0.15, 0.2) is 0 Å². The Morgan fingerprint density at radius 3 is 2.60 bits per heavy atom. The van der Waals surface area contributed by atoms with E-state index in [0.29, 0.717) is 6.04 Å². The molecule has 0 unspecified atom stereocenters. The third kappa shape index (κ3) is 3.24. The maximum atomic E-state index is 12.5. The zero-order valence-electron chi connectivity index (χ0n) is 15.1. The normalized spacial score (nSPS) is 19.6. The van der Waals surface area contributed by atoms with Crippen LogP contribution >= 0.6 is 0 Å². The summed E-state index contributed by atoms with van der Waals surface area (Å²) in [6.07, 6.45) is 6.68. The fourth-order valence-corrected chi connectivity index (χ4v) is 4.35. The van der Waals surface area contributed by atoms with Crippen LogP contribution in [0.1, 0.15) is 45.4 Å². The molecule has 1 aromatic carbocycles. The van der Waals surface area contributed by atoms with Gasteiger partial charge in [0, 0.05) is 31.6 Å². The molecule has 0 atom stereocenters. The molecule has 4 rings (SSSR count). The van der Waals surface area contributed by atoms with Gasteiger partial charge in [-0.1, -0.05) is 25.0 Å². The number of amides is 1. The van der Waals surface area contributed by atoms with Gasteiger partial charge in [0.2, 0.25) is 11.9 Å². The second-order valence-electron chi connectivity index (χ2n) is 7.40. The maximum absolute atomic E-state index is 12.5. The minimum absolute atomic E-state index is 0.163. The molecule has 1 saturated heterocycles. The van der Waals surface area contributed by atoms with Gasteiger partial charge in [-0.15, -0.1) is 0 Å². The molecule has 1 aliphatic heterocycles. The second kappa shape index (κ2) is 7.06. The molecule has 1 N–H and O–H groups in total. The highest BCUT2D eigenvalue weighted by Gasteiger charge is 2.29. The first-order chi connectivity index (χ1) is 12.3. The van der Waals surface area contributed by atoms with E-state index in [1.54, 1.807) is 0 Å². The van der Waals surface area contributed by atoms with Crippen LogP contribution in [0.5, 0.6) is 0 Å². The summed E-state index contributed by atoms with van der Waals surface area (Å²) < 4.78 is 2.29. The summed E-state index contributed by atoms with van der Waals surface area (Å²) in [6, 6.07) is 8.75. The molecular formula is C20H28N4O. The number of fused-ring (bicyclic) bond motifs is 1. The van der Waals surface area contributed by atoms with Crippen LogP contribution in [-0.4, -0.2) is 34.6 Å². The lowest BCUT2D eigenvalue weighted by Gasteiger charge is -2.32. The Bertz CT molecular complexity index is 739. The van der Waals surface area contributed by atoms with Crippen LogP contribution in [0.2, 0.25) is 0 Å². The number of para-hydroxylation sites is 2. The molecule has 0 radical (unpaired) electrons. The van der Waals surface area contributed by atoms with Gasteiger partial charge in [-0.25, -0.2) is 4.98 Å². The summed E-state index contributed by atoms with van der Waals surface area (Å²) in [5, 5.41) is 3.27. The summed E-state index contributed by atoms with van der Waals surface area (Å²) in [5.74, 6) is 1.49. The number of carbonyl (C=O) groups is 1. The molecule has 5 heteroatoms. The van der Waals surface area contributed by atoms with Gasteiger partial charge in [0.1, 0.15) is 0 Å². The van der Waals surface area contributed by atoms with Crippen molar-refractivity contribution in [2.24, 2.45) is 5.92 Å². The van der Waals surface area contributed by atoms with Crippen LogP contribution in [0.25, 0.3) is 11.0 Å². The zero-order valence-corrected chi connectivity index (χ0v) is 15.1. The molecule has 2 aromatic rings. The first kappa shape index (κ1) is 16.4. The van der Waals surface area contributed by atoms with Crippen LogP contribution in [0.4, 0.5) is 5.95 Å². The van der Waals surface area contributed by atoms with Crippen molar-refractivity contribution in [3.8, 4) is 0 Å². The Morgan fingerprint density at radius 1 is 1.16 bits per heavy atom. The minimum atomic E-state index is 0.163. The summed E-state index contributed by atoms with van der Waals surface area (Å²) in [6.45, 7) is 4.90. The van der Waals surface area contributed by atoms with E-state index in [4.69, 9.17) is 4.98 Å². The molecule has 1 aliphatic carbocycles. The summed E-state index contributed by atoms with van der Waals surface area (Å²) in [4.78, 5) is 19.7. The first-order valence-electron chi connectivity index (χ1n) is 9.77. The van der Waals surface area contributed by atoms with E-state index in [1.807, 2.05) is 6.07 Å². The molecule has 1 aromatic heterocycles. The van der Waals surface area contributed by atoms with Gasteiger partial charge in [0.25, 0.3) is 0 Å². The number of piperidine rings is 1. The molecule has 2 heterocycles. The Balaban J connectivity index is 1.42. The lowest BCUT2D eigenvalue weighted by atomic mass is 9.95. The highest BCUT2D eigenvalue weighted by molar-refractivity contribution is 5.80. The lowest BCUT2D eigenvalue weighted by molar-refractivity contribution is -0.126. The maximum Gasteiger partial charge on any atom is 0.223 e. The van der Waals surface area contributed by atoms with Gasteiger partial charge < -0.3 is 14.8 Å². The molecule has 134 valence electrons. The lowest BCUT2D eigenvalue weighted by Crippen LogP contribution is -2.43. The van der Waals surface area contributed by atoms with Crippen molar-refractivity contribution in [3.63, 3.8) is 0 Å². The quantitative estimate of drug-likeness (QED) is 0.929. The van der Waals surface area contributed by atoms with Gasteiger partial charge in [-0.3, -0.25) is 4.79 Å². The topological polar surface area (TPSA) is 50.2 Å². The highest BCUT2D eigenvalue weighted by Crippen LogP contribution is 2.27. The average molecular weight is 340 g/mol. The SMILES string of the molecule is CCn1c(N2CCC(C(=O)NC3CCCC3)CC2)nc2ccccc21. The molecule has 2 fully saturated rings. The van der Waals surface area contributed by atoms with E-state index >= 15 is 0 Å². The van der Waals surface area contributed by atoms with Gasteiger partial charge in [-0.2, -0.15) is 0 Å². The molecule has 25 heavy (non-hydrogen) atoms. The molecule has 0 spiro atoms. The number of anilines is 1. The molecule has 2 aliphatic rings. The molecular weight excluding hydrogens is 312 g/mol. The third-order valence-corrected chi connectivity index (χ3v) is 5.80. The average Bonchev–Trinajstić information content (AvgIpc) is 3.28. The fraction of sp³-hybridized carbons (Fsp3) is 0.600. The van der Waals surface area contributed by atoms with E-state index in [9.17, 15) is 4.79 Å². The summed E-state index contributed by atoms with van der Waals surface area (Å²) in [7, 11) is 0. The van der Waals surface area contributed by atoms with Crippen LogP contribution in [-0.2, 0) is 11.3 Å². The predicted octanol–water partition coefficient (Wildman–Crippen LogP) is 3.33. The monoisotopic (exact) mass is 340 g/mol. The number of rotatable bonds is 4. The zero-order chi connectivity index (χ0) is 17.2. The standard InChI is InChI=1S/C20H28N4O/c1-2-24-18-10-6-5-9-17(18)22-20(24)23-13-11-15(12-14-23)19(25)21-16-7-3-4-8-16/h5-6,9-10,15-16H,2-4,7-8,11-14H2,1H3,(H,21,25). The Labute approximate surface area is 149 Å². The Hall–Kier alpha value is -2.04. The Morgan fingerprint density at radius 2 is 1.88 bits per heavy atom. The summed E-state index contributed by atoms with van der Waals surface area (Å²) >= 11 is 0. The van der Waals surface area contributed by atoms with Gasteiger partial charge in [0.05, 0.1) is 11.0 Å². The number of nitrogens with one attached hydrogen (secondary N) is 1. The molecule has 5 nitrogen and oxygen atoms in total. The third-order valence-electron chi connectivity index (χ3n) is 5.80.